The summed E-state index contributed by atoms with van der Waals surface area (Å²) in [5.74, 6) is 0.310. The van der Waals surface area contributed by atoms with Gasteiger partial charge in [0.2, 0.25) is 0 Å². The highest BCUT2D eigenvalue weighted by Crippen LogP contribution is 2.24. The highest BCUT2D eigenvalue weighted by atomic mass is 32.2. The summed E-state index contributed by atoms with van der Waals surface area (Å²) in [7, 11) is -3.46. The number of benzene rings is 1. The third-order valence-electron chi connectivity index (χ3n) is 5.46. The minimum atomic E-state index is -3.46. The van der Waals surface area contributed by atoms with Crippen molar-refractivity contribution in [2.75, 3.05) is 39.3 Å². The first-order chi connectivity index (χ1) is 12.7. The average Bonchev–Trinajstić information content (AvgIpc) is 2.59. The molecule has 2 fully saturated rings. The third-order valence-corrected chi connectivity index (χ3v) is 7.43. The summed E-state index contributed by atoms with van der Waals surface area (Å²) in [5, 5.41) is 10.2. The lowest BCUT2D eigenvalue weighted by molar-refractivity contribution is -0.0457. The maximum Gasteiger partial charge on any atom is 0.282 e. The highest BCUT2D eigenvalue weighted by molar-refractivity contribution is 7.86. The normalized spacial score (nSPS) is 26.4. The Balaban J connectivity index is 1.61. The van der Waals surface area contributed by atoms with E-state index in [1.54, 1.807) is 14.7 Å². The minimum Gasteiger partial charge on any atom is -0.508 e. The van der Waals surface area contributed by atoms with Crippen LogP contribution in [0.1, 0.15) is 30.5 Å². The number of phenols is 1. The number of hydrogen-bond donors (Lipinski definition) is 1. The van der Waals surface area contributed by atoms with Gasteiger partial charge in [-0.1, -0.05) is 6.07 Å². The number of aromatic hydroxyl groups is 1. The number of phenolic OH excluding ortho intramolecular Hbond substituents is 1. The molecule has 3 rings (SSSR count). The monoisotopic (exact) mass is 397 g/mol. The molecule has 1 aromatic rings. The maximum atomic E-state index is 13.0. The van der Waals surface area contributed by atoms with Crippen LogP contribution in [0.25, 0.3) is 0 Å². The molecule has 2 aliphatic rings. The van der Waals surface area contributed by atoms with Crippen molar-refractivity contribution in [1.29, 1.82) is 0 Å². The summed E-state index contributed by atoms with van der Waals surface area (Å²) in [6.45, 7) is 11.5. The van der Waals surface area contributed by atoms with E-state index in [1.807, 2.05) is 33.8 Å². The molecule has 0 bridgehead atoms. The number of rotatable bonds is 4. The summed E-state index contributed by atoms with van der Waals surface area (Å²) in [4.78, 5) is 2.19. The van der Waals surface area contributed by atoms with E-state index in [-0.39, 0.29) is 12.2 Å². The summed E-state index contributed by atoms with van der Waals surface area (Å²) in [6.07, 6.45) is -0.171. The van der Waals surface area contributed by atoms with E-state index in [0.717, 1.165) is 16.7 Å². The molecule has 0 saturated carbocycles. The molecule has 2 heterocycles. The van der Waals surface area contributed by atoms with Crippen LogP contribution in [0.15, 0.2) is 12.1 Å². The van der Waals surface area contributed by atoms with Gasteiger partial charge in [-0.25, -0.2) is 0 Å². The van der Waals surface area contributed by atoms with Gasteiger partial charge in [0.1, 0.15) is 5.75 Å². The fourth-order valence-corrected chi connectivity index (χ4v) is 5.58. The Hall–Kier alpha value is -1.19. The molecule has 27 heavy (non-hydrogen) atoms. The van der Waals surface area contributed by atoms with E-state index in [9.17, 15) is 13.5 Å². The van der Waals surface area contributed by atoms with Gasteiger partial charge in [-0.3, -0.25) is 4.90 Å². The Labute approximate surface area is 162 Å². The molecule has 0 aliphatic carbocycles. The van der Waals surface area contributed by atoms with Crippen molar-refractivity contribution >= 4 is 10.2 Å². The lowest BCUT2D eigenvalue weighted by Gasteiger charge is -2.40. The van der Waals surface area contributed by atoms with Gasteiger partial charge in [-0.2, -0.15) is 17.0 Å². The van der Waals surface area contributed by atoms with E-state index in [1.165, 1.54) is 0 Å². The zero-order valence-electron chi connectivity index (χ0n) is 16.7. The molecule has 0 radical (unpaired) electrons. The Morgan fingerprint density at radius 1 is 1.00 bits per heavy atom. The molecule has 8 heteroatoms. The zero-order valence-corrected chi connectivity index (χ0v) is 17.5. The number of aryl methyl sites for hydroxylation is 2. The van der Waals surface area contributed by atoms with Crippen molar-refractivity contribution in [3.05, 3.63) is 28.8 Å². The first-order valence-corrected chi connectivity index (χ1v) is 11.0. The molecule has 0 unspecified atom stereocenters. The quantitative estimate of drug-likeness (QED) is 0.833. The van der Waals surface area contributed by atoms with E-state index < -0.39 is 10.2 Å². The molecular formula is C19H31N3O4S. The Kier molecular flexibility index (Phi) is 6.12. The lowest BCUT2D eigenvalue weighted by atomic mass is 10.0. The van der Waals surface area contributed by atoms with Gasteiger partial charge >= 0.3 is 0 Å². The van der Waals surface area contributed by atoms with Gasteiger partial charge in [0.25, 0.3) is 10.2 Å². The molecule has 0 aromatic heterocycles. The van der Waals surface area contributed by atoms with E-state index in [4.69, 9.17) is 4.74 Å². The summed E-state index contributed by atoms with van der Waals surface area (Å²) >= 11 is 0. The standard InChI is InChI=1S/C19H31N3O4S/c1-14-9-18(19(23)10-15(14)2)13-20-5-7-21(8-6-20)27(24,25)22-11-16(3)26-17(4)12-22/h9-10,16-17,23H,5-8,11-13H2,1-4H3/t16-,17-/m1/s1. The van der Waals surface area contributed by atoms with Crippen molar-refractivity contribution in [3.8, 4) is 5.75 Å². The second-order valence-corrected chi connectivity index (χ2v) is 9.75. The number of hydrogen-bond acceptors (Lipinski definition) is 5. The van der Waals surface area contributed by atoms with Crippen molar-refractivity contribution in [2.24, 2.45) is 0 Å². The smallest absolute Gasteiger partial charge is 0.282 e. The average molecular weight is 398 g/mol. The van der Waals surface area contributed by atoms with E-state index in [2.05, 4.69) is 4.90 Å². The minimum absolute atomic E-state index is 0.0856. The van der Waals surface area contributed by atoms with Crippen molar-refractivity contribution in [2.45, 2.75) is 46.4 Å². The van der Waals surface area contributed by atoms with E-state index in [0.29, 0.717) is 51.6 Å². The van der Waals surface area contributed by atoms with Crippen LogP contribution in [0.3, 0.4) is 0 Å². The first-order valence-electron chi connectivity index (χ1n) is 9.59. The lowest BCUT2D eigenvalue weighted by Crippen LogP contribution is -2.57. The van der Waals surface area contributed by atoms with Gasteiger partial charge in [-0.15, -0.1) is 0 Å². The predicted octanol–water partition coefficient (Wildman–Crippen LogP) is 1.48. The van der Waals surface area contributed by atoms with Gasteiger partial charge < -0.3 is 9.84 Å². The summed E-state index contributed by atoms with van der Waals surface area (Å²) in [6, 6.07) is 3.82. The summed E-state index contributed by atoms with van der Waals surface area (Å²) < 4.78 is 34.7. The zero-order chi connectivity index (χ0) is 19.8. The second-order valence-electron chi connectivity index (χ2n) is 7.82. The molecule has 7 nitrogen and oxygen atoms in total. The third kappa shape index (κ3) is 4.63. The largest absolute Gasteiger partial charge is 0.508 e. The van der Waals surface area contributed by atoms with Crippen LogP contribution in [-0.4, -0.2) is 78.5 Å². The number of piperazine rings is 1. The van der Waals surface area contributed by atoms with Crippen LogP contribution in [0.5, 0.6) is 5.75 Å². The molecule has 0 amide bonds. The number of nitrogens with zero attached hydrogens (tertiary/aromatic N) is 3. The second kappa shape index (κ2) is 8.05. The molecule has 2 saturated heterocycles. The van der Waals surface area contributed by atoms with Crippen LogP contribution >= 0.6 is 0 Å². The molecule has 0 spiro atoms. The first kappa shape index (κ1) is 20.5. The number of morpholine rings is 1. The van der Waals surface area contributed by atoms with Crippen LogP contribution in [-0.2, 0) is 21.5 Å². The van der Waals surface area contributed by atoms with Crippen LogP contribution in [0.2, 0.25) is 0 Å². The van der Waals surface area contributed by atoms with E-state index >= 15 is 0 Å². The SMILES string of the molecule is Cc1cc(O)c(CN2CCN(S(=O)(=O)N3C[C@@H](C)O[C@H](C)C3)CC2)cc1C. The van der Waals surface area contributed by atoms with Crippen molar-refractivity contribution < 1.29 is 18.3 Å². The van der Waals surface area contributed by atoms with Gasteiger partial charge in [0.05, 0.1) is 12.2 Å². The number of ether oxygens (including phenoxy) is 1. The fourth-order valence-electron chi connectivity index (χ4n) is 3.83. The Morgan fingerprint density at radius 3 is 2.15 bits per heavy atom. The molecular weight excluding hydrogens is 366 g/mol. The Bertz CT molecular complexity index is 765. The molecule has 1 aromatic carbocycles. The predicted molar refractivity (Wildman–Crippen MR) is 105 cm³/mol. The van der Waals surface area contributed by atoms with Crippen LogP contribution in [0.4, 0.5) is 0 Å². The molecule has 152 valence electrons. The topological polar surface area (TPSA) is 73.3 Å². The maximum absolute atomic E-state index is 13.0. The van der Waals surface area contributed by atoms with Gasteiger partial charge in [0.15, 0.2) is 0 Å². The fraction of sp³-hybridized carbons (Fsp3) is 0.684. The highest BCUT2D eigenvalue weighted by Gasteiger charge is 2.36. The van der Waals surface area contributed by atoms with Gasteiger partial charge in [0, 0.05) is 51.4 Å². The molecule has 1 N–H and O–H groups in total. The van der Waals surface area contributed by atoms with Gasteiger partial charge in [-0.05, 0) is 44.9 Å². The van der Waals surface area contributed by atoms with Crippen molar-refractivity contribution in [1.82, 2.24) is 13.5 Å². The summed E-state index contributed by atoms with van der Waals surface area (Å²) in [5.41, 5.74) is 3.12. The molecule has 2 atom stereocenters. The Morgan fingerprint density at radius 2 is 1.56 bits per heavy atom. The van der Waals surface area contributed by atoms with Crippen LogP contribution in [0, 0.1) is 13.8 Å². The molecule has 2 aliphatic heterocycles. The van der Waals surface area contributed by atoms with Crippen LogP contribution < -0.4 is 0 Å². The van der Waals surface area contributed by atoms with Crippen molar-refractivity contribution in [3.63, 3.8) is 0 Å².